The zero-order valence-corrected chi connectivity index (χ0v) is 14.4. The zero-order valence-electron chi connectivity index (χ0n) is 14.4. The summed E-state index contributed by atoms with van der Waals surface area (Å²) in [5, 5.41) is 3.16. The molecular formula is C19H29NO3. The van der Waals surface area contributed by atoms with Gasteiger partial charge < -0.3 is 14.8 Å². The van der Waals surface area contributed by atoms with Crippen LogP contribution in [0.3, 0.4) is 0 Å². The highest BCUT2D eigenvalue weighted by Crippen LogP contribution is 2.22. The molecule has 0 bridgehead atoms. The Labute approximate surface area is 139 Å². The Morgan fingerprint density at radius 3 is 2.74 bits per heavy atom. The average Bonchev–Trinajstić information content (AvgIpc) is 2.59. The maximum atomic E-state index is 12.4. The third-order valence-corrected chi connectivity index (χ3v) is 4.38. The van der Waals surface area contributed by atoms with Gasteiger partial charge in [0.2, 0.25) is 0 Å². The lowest BCUT2D eigenvalue weighted by Crippen LogP contribution is -2.36. The van der Waals surface area contributed by atoms with Crippen LogP contribution in [-0.2, 0) is 11.3 Å². The fourth-order valence-electron chi connectivity index (χ4n) is 2.98. The smallest absolute Gasteiger partial charge is 0.251 e. The highest BCUT2D eigenvalue weighted by atomic mass is 16.5. The van der Waals surface area contributed by atoms with Gasteiger partial charge in [0, 0.05) is 23.8 Å². The fourth-order valence-corrected chi connectivity index (χ4v) is 2.98. The number of rotatable bonds is 8. The Hall–Kier alpha value is -1.55. The van der Waals surface area contributed by atoms with Crippen LogP contribution in [0.2, 0.25) is 0 Å². The molecule has 0 spiro atoms. The third-order valence-electron chi connectivity index (χ3n) is 4.38. The van der Waals surface area contributed by atoms with Crippen LogP contribution in [0.5, 0.6) is 5.75 Å². The van der Waals surface area contributed by atoms with E-state index in [4.69, 9.17) is 9.47 Å². The summed E-state index contributed by atoms with van der Waals surface area (Å²) >= 11 is 0. The highest BCUT2D eigenvalue weighted by molar-refractivity contribution is 5.94. The van der Waals surface area contributed by atoms with E-state index in [2.05, 4.69) is 12.2 Å². The molecule has 4 heteroatoms. The Morgan fingerprint density at radius 2 is 2.04 bits per heavy atom. The minimum absolute atomic E-state index is 0.00867. The Balaban J connectivity index is 1.98. The van der Waals surface area contributed by atoms with Crippen molar-refractivity contribution in [1.29, 1.82) is 0 Å². The van der Waals surface area contributed by atoms with E-state index in [9.17, 15) is 4.79 Å². The van der Waals surface area contributed by atoms with E-state index in [-0.39, 0.29) is 5.91 Å². The summed E-state index contributed by atoms with van der Waals surface area (Å²) in [4.78, 5) is 12.4. The molecule has 0 atom stereocenters. The molecule has 2 rings (SSSR count). The molecule has 1 aromatic carbocycles. The second kappa shape index (κ2) is 9.56. The molecule has 128 valence electrons. The normalized spacial score (nSPS) is 15.4. The molecule has 0 aliphatic heterocycles. The second-order valence-electron chi connectivity index (χ2n) is 6.24. The lowest BCUT2D eigenvalue weighted by Gasteiger charge is -2.23. The molecule has 0 heterocycles. The minimum Gasteiger partial charge on any atom is -0.496 e. The largest absolute Gasteiger partial charge is 0.496 e. The molecule has 1 N–H and O–H groups in total. The molecule has 1 fully saturated rings. The number of hydrogen-bond donors (Lipinski definition) is 1. The van der Waals surface area contributed by atoms with Gasteiger partial charge in [-0.15, -0.1) is 0 Å². The van der Waals surface area contributed by atoms with E-state index < -0.39 is 0 Å². The summed E-state index contributed by atoms with van der Waals surface area (Å²) in [6.45, 7) is 3.35. The number of carbonyl (C=O) groups excluding carboxylic acids is 1. The van der Waals surface area contributed by atoms with Crippen LogP contribution in [-0.4, -0.2) is 25.7 Å². The quantitative estimate of drug-likeness (QED) is 0.735. The van der Waals surface area contributed by atoms with Gasteiger partial charge in [-0.3, -0.25) is 4.79 Å². The van der Waals surface area contributed by atoms with E-state index in [0.29, 0.717) is 18.2 Å². The summed E-state index contributed by atoms with van der Waals surface area (Å²) in [5.41, 5.74) is 1.62. The molecular weight excluding hydrogens is 290 g/mol. The van der Waals surface area contributed by atoms with Crippen LogP contribution in [0.1, 0.15) is 67.8 Å². The fraction of sp³-hybridized carbons (Fsp3) is 0.632. The van der Waals surface area contributed by atoms with Crippen LogP contribution in [0, 0.1) is 0 Å². The molecule has 1 aliphatic rings. The van der Waals surface area contributed by atoms with Gasteiger partial charge in [-0.25, -0.2) is 0 Å². The number of hydrogen-bond acceptors (Lipinski definition) is 3. The summed E-state index contributed by atoms with van der Waals surface area (Å²) in [6, 6.07) is 5.90. The van der Waals surface area contributed by atoms with Crippen molar-refractivity contribution in [1.82, 2.24) is 5.32 Å². The number of carbonyl (C=O) groups is 1. The maximum Gasteiger partial charge on any atom is 0.251 e. The van der Waals surface area contributed by atoms with Crippen LogP contribution in [0.4, 0.5) is 0 Å². The van der Waals surface area contributed by atoms with E-state index in [0.717, 1.165) is 43.6 Å². The molecule has 1 amide bonds. The van der Waals surface area contributed by atoms with Crippen molar-refractivity contribution in [2.24, 2.45) is 0 Å². The van der Waals surface area contributed by atoms with Crippen molar-refractivity contribution in [3.05, 3.63) is 29.3 Å². The van der Waals surface area contributed by atoms with Crippen molar-refractivity contribution in [3.63, 3.8) is 0 Å². The van der Waals surface area contributed by atoms with Crippen molar-refractivity contribution in [2.45, 2.75) is 64.5 Å². The van der Waals surface area contributed by atoms with Crippen molar-refractivity contribution < 1.29 is 14.3 Å². The van der Waals surface area contributed by atoms with Crippen LogP contribution in [0.15, 0.2) is 18.2 Å². The number of nitrogens with one attached hydrogen (secondary N) is 1. The van der Waals surface area contributed by atoms with Crippen molar-refractivity contribution in [3.8, 4) is 5.75 Å². The number of benzene rings is 1. The van der Waals surface area contributed by atoms with E-state index in [1.54, 1.807) is 7.11 Å². The first kappa shape index (κ1) is 17.8. The molecule has 1 aromatic rings. The zero-order chi connectivity index (χ0) is 16.5. The summed E-state index contributed by atoms with van der Waals surface area (Å²) in [7, 11) is 1.65. The minimum atomic E-state index is 0.00867. The van der Waals surface area contributed by atoms with Gasteiger partial charge in [0.05, 0.1) is 13.7 Å². The summed E-state index contributed by atoms with van der Waals surface area (Å²) in [6.07, 6.45) is 8.05. The van der Waals surface area contributed by atoms with Gasteiger partial charge in [0.15, 0.2) is 0 Å². The topological polar surface area (TPSA) is 47.6 Å². The maximum absolute atomic E-state index is 12.4. The lowest BCUT2D eigenvalue weighted by atomic mass is 9.95. The predicted molar refractivity (Wildman–Crippen MR) is 91.9 cm³/mol. The number of methoxy groups -OCH3 is 1. The Bertz CT molecular complexity index is 495. The molecule has 0 unspecified atom stereocenters. The second-order valence-corrected chi connectivity index (χ2v) is 6.24. The van der Waals surface area contributed by atoms with Crippen LogP contribution in [0.25, 0.3) is 0 Å². The van der Waals surface area contributed by atoms with Crippen molar-refractivity contribution in [2.75, 3.05) is 13.7 Å². The van der Waals surface area contributed by atoms with Crippen molar-refractivity contribution >= 4 is 5.91 Å². The Kier molecular flexibility index (Phi) is 7.40. The first-order valence-electron chi connectivity index (χ1n) is 8.80. The van der Waals surface area contributed by atoms with Gasteiger partial charge in [0.1, 0.15) is 5.75 Å². The average molecular weight is 319 g/mol. The molecule has 0 saturated heterocycles. The first-order valence-corrected chi connectivity index (χ1v) is 8.80. The van der Waals surface area contributed by atoms with Gasteiger partial charge in [-0.05, 0) is 37.5 Å². The van der Waals surface area contributed by atoms with Gasteiger partial charge in [0.25, 0.3) is 5.91 Å². The monoisotopic (exact) mass is 319 g/mol. The third kappa shape index (κ3) is 5.54. The highest BCUT2D eigenvalue weighted by Gasteiger charge is 2.17. The predicted octanol–water partition coefficient (Wildman–Crippen LogP) is 4.07. The number of unbranched alkanes of at least 4 members (excludes halogenated alkanes) is 1. The Morgan fingerprint density at radius 1 is 1.26 bits per heavy atom. The first-order chi connectivity index (χ1) is 11.2. The SMILES string of the molecule is CCCCOCc1cc(C(=O)NC2CCCCC2)ccc1OC. The van der Waals surface area contributed by atoms with E-state index >= 15 is 0 Å². The van der Waals surface area contributed by atoms with Crippen LogP contribution < -0.4 is 10.1 Å². The molecule has 1 aliphatic carbocycles. The molecule has 0 aromatic heterocycles. The standard InChI is InChI=1S/C19H29NO3/c1-3-4-12-23-14-16-13-15(10-11-18(16)22-2)19(21)20-17-8-6-5-7-9-17/h10-11,13,17H,3-9,12,14H2,1-2H3,(H,20,21). The summed E-state index contributed by atoms with van der Waals surface area (Å²) < 4.78 is 11.1. The van der Waals surface area contributed by atoms with Gasteiger partial charge in [-0.2, -0.15) is 0 Å². The summed E-state index contributed by atoms with van der Waals surface area (Å²) in [5.74, 6) is 0.782. The van der Waals surface area contributed by atoms with Gasteiger partial charge >= 0.3 is 0 Å². The molecule has 23 heavy (non-hydrogen) atoms. The molecule has 1 saturated carbocycles. The molecule has 0 radical (unpaired) electrons. The van der Waals surface area contributed by atoms with Crippen LogP contribution >= 0.6 is 0 Å². The van der Waals surface area contributed by atoms with Gasteiger partial charge in [-0.1, -0.05) is 32.6 Å². The molecule has 4 nitrogen and oxygen atoms in total. The number of amides is 1. The van der Waals surface area contributed by atoms with E-state index in [1.807, 2.05) is 18.2 Å². The van der Waals surface area contributed by atoms with E-state index in [1.165, 1.54) is 19.3 Å². The lowest BCUT2D eigenvalue weighted by molar-refractivity contribution is 0.0926. The number of ether oxygens (including phenoxy) is 2.